The molecule has 15 N–H and O–H groups in total. The van der Waals surface area contributed by atoms with Crippen molar-refractivity contribution >= 4 is 186 Å². The van der Waals surface area contributed by atoms with Gasteiger partial charge < -0.3 is 86.8 Å². The van der Waals surface area contributed by atoms with E-state index >= 15 is 0 Å². The number of nitrogens with two attached hydrogens (primary N) is 5. The maximum absolute atomic E-state index is 10.4. The third-order valence-electron chi connectivity index (χ3n) is 19.9. The van der Waals surface area contributed by atoms with Crippen molar-refractivity contribution in [2.24, 2.45) is 5.92 Å². The lowest BCUT2D eigenvalue weighted by molar-refractivity contribution is 0.0597. The van der Waals surface area contributed by atoms with E-state index in [9.17, 15) is 25.5 Å². The molecule has 27 nitrogen and oxygen atoms in total. The first-order valence-corrected chi connectivity index (χ1v) is 43.1. The molecule has 0 amide bonds. The molecule has 0 atom stereocenters. The number of pyridine rings is 5. The minimum Gasteiger partial charge on any atom is -0.389 e. The summed E-state index contributed by atoms with van der Waals surface area (Å²) in [5.41, 5.74) is 39.3. The number of hydrogen-bond donors (Lipinski definition) is 10. The number of benzene rings is 5. The zero-order valence-electron chi connectivity index (χ0n) is 69.2. The van der Waals surface area contributed by atoms with Crippen LogP contribution >= 0.6 is 35.3 Å². The standard InChI is InChI=1S/C18H23N5O.C18H24N4OS.C17H21N5O.C17H20N4OS.C17H22N4OS.5CH4/c1-18(2,24)11-23-15-12-7-3-4-8-13(12)20-16(19)14(15)21-17(23)22-9-5-6-10-22;1-11(2)9-24-17-21-14-15(22(17)10-18(3,4)23)12-7-5-6-8-13(12)20-16(14)19;1-17(2,23)10-22-14-11-6-3-4-7-12(11)19-15(18)13(14)20-16(22)21-8-5-9-21;1-17(2,22)9-21-14-11-5-3-4-6-12(11)19-15(18)13(14)20-16(21)23-10-7-8-10;1-4-9-23-16-20-13-14(21(16)10-17(2,3)22)11-7-5-6-8-12(11)19-15(13)18;;;;;/h3-4,7-8,24H,5-6,9-11H2,1-2H3,(H2,19,20);5-8,11,23H,9-10H2,1-4H3,(H2,19,20);3-4,6-7,23H,5,8-10H2,1-2H3,(H2,18,19);3-6,10,22H,7-9H2,1-2H3,(H2,18,19);5-8,22H,4,9-10H2,1-3H3,(H2,18,19);5*1H4. The summed E-state index contributed by atoms with van der Waals surface area (Å²) in [6, 6.07) is 39.7. The Hall–Kier alpha value is -10.1. The Balaban J connectivity index is 0.000000171. The Bertz CT molecular complexity index is 6150. The smallest absolute Gasteiger partial charge is 0.206 e. The third kappa shape index (κ3) is 21.4. The minimum atomic E-state index is -0.847. The largest absolute Gasteiger partial charge is 0.389 e. The number of aliphatic hydroxyl groups is 5. The van der Waals surface area contributed by atoms with Crippen LogP contribution in [0.25, 0.3) is 110 Å². The van der Waals surface area contributed by atoms with E-state index in [0.29, 0.717) is 84.0 Å². The number of hydrogen-bond acceptors (Lipinski definition) is 25. The molecule has 12 heterocycles. The summed E-state index contributed by atoms with van der Waals surface area (Å²) in [4.78, 5) is 50.7. The summed E-state index contributed by atoms with van der Waals surface area (Å²) in [5, 5.41) is 60.3. The number of imidazole rings is 5. The molecule has 10 aromatic heterocycles. The Morgan fingerprint density at radius 3 is 0.877 bits per heavy atom. The first-order valence-electron chi connectivity index (χ1n) is 40.2. The predicted octanol–water partition coefficient (Wildman–Crippen LogP) is 18.2. The van der Waals surface area contributed by atoms with E-state index < -0.39 is 28.0 Å². The van der Waals surface area contributed by atoms with Crippen molar-refractivity contribution in [3.05, 3.63) is 121 Å². The first-order chi connectivity index (χ1) is 55.5. The Labute approximate surface area is 730 Å². The number of anilines is 7. The van der Waals surface area contributed by atoms with Crippen molar-refractivity contribution in [3.63, 3.8) is 0 Å². The zero-order chi connectivity index (χ0) is 83.4. The number of aromatic nitrogens is 15. The van der Waals surface area contributed by atoms with Crippen LogP contribution in [0.15, 0.2) is 137 Å². The van der Waals surface area contributed by atoms with Crippen molar-refractivity contribution in [1.82, 2.24) is 72.7 Å². The van der Waals surface area contributed by atoms with Gasteiger partial charge in [0.25, 0.3) is 0 Å². The van der Waals surface area contributed by atoms with E-state index in [2.05, 4.69) is 78.3 Å². The molecule has 3 aliphatic rings. The fourth-order valence-corrected chi connectivity index (χ4v) is 17.8. The third-order valence-corrected chi connectivity index (χ3v) is 23.8. The molecule has 0 radical (unpaired) electrons. The number of para-hydroxylation sites is 5. The molecule has 0 unspecified atom stereocenters. The Morgan fingerprint density at radius 2 is 0.607 bits per heavy atom. The molecule has 5 aromatic carbocycles. The summed E-state index contributed by atoms with van der Waals surface area (Å²) >= 11 is 5.16. The number of fused-ring (bicyclic) bond motifs is 15. The van der Waals surface area contributed by atoms with Gasteiger partial charge in [0.05, 0.1) is 116 Å². The lowest BCUT2D eigenvalue weighted by Crippen LogP contribution is -2.40. The SMILES string of the molecule is C.C.C.C.C.CC(C)(O)Cn1c(N2CCC2)nc2c(N)nc3ccccc3c21.CC(C)(O)Cn1c(N2CCCC2)nc2c(N)nc3ccccc3c21.CC(C)(O)Cn1c(SC2CC2)nc2c(N)nc3ccccc3c21.CC(C)CSc1nc2c(N)nc3ccccc3c2n1CC(C)(C)O.CCCSc1nc2c(N)nc3ccccc3c2n1CC(C)(C)O. The quantitative estimate of drug-likeness (QED) is 0.0317. The van der Waals surface area contributed by atoms with Gasteiger partial charge in [0.15, 0.2) is 44.6 Å². The van der Waals surface area contributed by atoms with Gasteiger partial charge in [-0.05, 0) is 144 Å². The summed E-state index contributed by atoms with van der Waals surface area (Å²) in [5.74, 6) is 6.45. The highest BCUT2D eigenvalue weighted by Gasteiger charge is 2.33. The van der Waals surface area contributed by atoms with Gasteiger partial charge in [-0.25, -0.2) is 49.8 Å². The molecule has 122 heavy (non-hydrogen) atoms. The molecule has 1 saturated carbocycles. The van der Waals surface area contributed by atoms with Crippen molar-refractivity contribution in [2.45, 2.75) is 247 Å². The lowest BCUT2D eigenvalue weighted by Gasteiger charge is -2.33. The highest BCUT2D eigenvalue weighted by atomic mass is 32.2. The van der Waals surface area contributed by atoms with Crippen LogP contribution < -0.4 is 38.5 Å². The van der Waals surface area contributed by atoms with Gasteiger partial charge >= 0.3 is 0 Å². The van der Waals surface area contributed by atoms with Gasteiger partial charge in [0.2, 0.25) is 11.9 Å². The minimum absolute atomic E-state index is 0. The highest BCUT2D eigenvalue weighted by molar-refractivity contribution is 8.00. The monoisotopic (exact) mass is 1720 g/mol. The van der Waals surface area contributed by atoms with Crippen LogP contribution in [-0.4, -0.2) is 169 Å². The molecule has 18 rings (SSSR count). The fraction of sp³-hybridized carbons (Fsp3) is 0.457. The van der Waals surface area contributed by atoms with Crippen LogP contribution in [-0.2, 0) is 32.7 Å². The van der Waals surface area contributed by atoms with Gasteiger partial charge in [-0.2, -0.15) is 0 Å². The second-order valence-electron chi connectivity index (χ2n) is 34.5. The van der Waals surface area contributed by atoms with Crippen LogP contribution in [0.1, 0.15) is 166 Å². The molecule has 30 heteroatoms. The molecule has 2 aliphatic heterocycles. The predicted molar refractivity (Wildman–Crippen MR) is 516 cm³/mol. The second-order valence-corrected chi connectivity index (χ2v) is 37.8. The topological polar surface area (TPSA) is 391 Å². The summed E-state index contributed by atoms with van der Waals surface area (Å²) < 4.78 is 10.5. The fourth-order valence-electron chi connectivity index (χ4n) is 14.9. The molecule has 15 aromatic rings. The van der Waals surface area contributed by atoms with Crippen LogP contribution in [0.5, 0.6) is 0 Å². The second kappa shape index (κ2) is 38.4. The van der Waals surface area contributed by atoms with Crippen molar-refractivity contribution in [3.8, 4) is 0 Å². The van der Waals surface area contributed by atoms with Gasteiger partial charge in [-0.1, -0.05) is 184 Å². The molecule has 3 fully saturated rings. The normalized spacial score (nSPS) is 13.7. The number of nitrogen functional groups attached to an aromatic ring is 5. The van der Waals surface area contributed by atoms with Gasteiger partial charge in [-0.3, -0.25) is 0 Å². The Morgan fingerprint density at radius 1 is 0.352 bits per heavy atom. The zero-order valence-corrected chi connectivity index (χ0v) is 71.6. The average molecular weight is 1720 g/mol. The lowest BCUT2D eigenvalue weighted by atomic mass is 10.1. The van der Waals surface area contributed by atoms with Gasteiger partial charge in [0, 0.05) is 69.9 Å². The molecule has 1 aliphatic carbocycles. The molecular weight excluding hydrogens is 1590 g/mol. The van der Waals surface area contributed by atoms with Crippen molar-refractivity contribution < 1.29 is 25.5 Å². The molecule has 2 saturated heterocycles. The van der Waals surface area contributed by atoms with Crippen LogP contribution in [0.4, 0.5) is 41.0 Å². The summed E-state index contributed by atoms with van der Waals surface area (Å²) in [6.45, 7) is 30.9. The summed E-state index contributed by atoms with van der Waals surface area (Å²) in [6.07, 6.45) is 7.02. The van der Waals surface area contributed by atoms with E-state index in [-0.39, 0.29) is 37.1 Å². The average Bonchev–Trinajstić information content (AvgIpc) is 1.59. The van der Waals surface area contributed by atoms with Gasteiger partial charge in [-0.15, -0.1) is 0 Å². The number of nitrogens with zero attached hydrogens (tertiary/aromatic N) is 17. The molecule has 0 bridgehead atoms. The van der Waals surface area contributed by atoms with Gasteiger partial charge in [0.1, 0.15) is 27.6 Å². The Kier molecular flexibility index (Phi) is 30.1. The summed E-state index contributed by atoms with van der Waals surface area (Å²) in [7, 11) is 0. The van der Waals surface area contributed by atoms with Crippen molar-refractivity contribution in [1.29, 1.82) is 0 Å². The van der Waals surface area contributed by atoms with Crippen molar-refractivity contribution in [2.75, 3.05) is 76.2 Å². The van der Waals surface area contributed by atoms with Crippen LogP contribution in [0.3, 0.4) is 0 Å². The highest BCUT2D eigenvalue weighted by Crippen LogP contribution is 2.44. The number of thioether (sulfide) groups is 3. The maximum Gasteiger partial charge on any atom is 0.206 e. The molecular formula is C92H130N22O5S3. The van der Waals surface area contributed by atoms with E-state index in [1.807, 2.05) is 177 Å². The number of rotatable bonds is 20. The van der Waals surface area contributed by atoms with Crippen LogP contribution in [0, 0.1) is 5.92 Å². The van der Waals surface area contributed by atoms with E-state index in [1.54, 1.807) is 49.1 Å². The molecule has 0 spiro atoms. The van der Waals surface area contributed by atoms with E-state index in [4.69, 9.17) is 53.6 Å². The van der Waals surface area contributed by atoms with E-state index in [1.165, 1.54) is 32.1 Å². The maximum atomic E-state index is 10.4. The van der Waals surface area contributed by atoms with E-state index in [0.717, 1.165) is 170 Å². The first kappa shape index (κ1) is 95.8. The van der Waals surface area contributed by atoms with Crippen LogP contribution in [0.2, 0.25) is 0 Å². The molecule has 656 valence electrons.